The van der Waals surface area contributed by atoms with Gasteiger partial charge in [0, 0.05) is 10.9 Å². The van der Waals surface area contributed by atoms with Crippen molar-refractivity contribution in [3.63, 3.8) is 0 Å². The second kappa shape index (κ2) is 5.17. The average molecular weight is 236 g/mol. The van der Waals surface area contributed by atoms with Crippen LogP contribution in [-0.2, 0) is 6.42 Å². The highest BCUT2D eigenvalue weighted by atomic mass is 35.5. The van der Waals surface area contributed by atoms with Crippen molar-refractivity contribution >= 4 is 27.9 Å². The van der Waals surface area contributed by atoms with E-state index >= 15 is 0 Å². The van der Waals surface area contributed by atoms with Crippen molar-refractivity contribution in [1.82, 2.24) is 0 Å². The maximum Gasteiger partial charge on any atom is 0.366 e. The van der Waals surface area contributed by atoms with E-state index in [1.165, 1.54) is 0 Å². The maximum atomic E-state index is 10.6. The van der Waals surface area contributed by atoms with Crippen LogP contribution < -0.4 is 4.74 Å². The highest BCUT2D eigenvalue weighted by Crippen LogP contribution is 2.36. The zero-order chi connectivity index (χ0) is 10.6. The molecule has 0 amide bonds. The Bertz CT molecular complexity index is 326. The molecule has 0 N–H and O–H groups in total. The number of hydrogen-bond acceptors (Lipinski definition) is 4. The van der Waals surface area contributed by atoms with Crippen LogP contribution >= 0.6 is 22.9 Å². The number of alkyl halides is 1. The lowest BCUT2D eigenvalue weighted by Gasteiger charge is -1.98. The fourth-order valence-electron chi connectivity index (χ4n) is 0.965. The van der Waals surface area contributed by atoms with Crippen LogP contribution in [0.3, 0.4) is 0 Å². The smallest absolute Gasteiger partial charge is 0.366 e. The summed E-state index contributed by atoms with van der Waals surface area (Å²) in [5.41, 5.74) is 0. The van der Waals surface area contributed by atoms with Crippen molar-refractivity contribution in [3.05, 3.63) is 21.1 Å². The van der Waals surface area contributed by atoms with Gasteiger partial charge >= 0.3 is 5.00 Å². The molecular weight excluding hydrogens is 226 g/mol. The van der Waals surface area contributed by atoms with Crippen LogP contribution in [0.5, 0.6) is 5.75 Å². The van der Waals surface area contributed by atoms with Gasteiger partial charge in [-0.25, -0.2) is 0 Å². The molecular formula is C8H10ClNO3S. The van der Waals surface area contributed by atoms with Gasteiger partial charge in [-0.15, -0.1) is 11.6 Å². The Morgan fingerprint density at radius 1 is 1.71 bits per heavy atom. The standard InChI is InChI=1S/C8H10ClNO3S/c1-2-6-5-7(13-4-3-9)8(14-6)10(11)12/h5H,2-4H2,1H3. The Kier molecular flexibility index (Phi) is 4.16. The van der Waals surface area contributed by atoms with Gasteiger partial charge in [0.05, 0.1) is 10.8 Å². The van der Waals surface area contributed by atoms with E-state index < -0.39 is 4.92 Å². The Balaban J connectivity index is 2.88. The fraction of sp³-hybridized carbons (Fsp3) is 0.500. The summed E-state index contributed by atoms with van der Waals surface area (Å²) in [5, 5.41) is 10.7. The van der Waals surface area contributed by atoms with Gasteiger partial charge in [0.1, 0.15) is 6.61 Å². The topological polar surface area (TPSA) is 52.4 Å². The second-order valence-electron chi connectivity index (χ2n) is 2.53. The van der Waals surface area contributed by atoms with E-state index in [4.69, 9.17) is 16.3 Å². The molecule has 1 aromatic rings. The number of aryl methyl sites for hydroxylation is 1. The minimum absolute atomic E-state index is 0.0620. The molecule has 1 rings (SSSR count). The number of hydrogen-bond donors (Lipinski definition) is 0. The molecule has 0 atom stereocenters. The minimum atomic E-state index is -0.423. The largest absolute Gasteiger partial charge is 0.485 e. The van der Waals surface area contributed by atoms with Crippen molar-refractivity contribution in [2.75, 3.05) is 12.5 Å². The summed E-state index contributed by atoms with van der Waals surface area (Å²) in [4.78, 5) is 11.1. The van der Waals surface area contributed by atoms with Gasteiger partial charge in [0.15, 0.2) is 0 Å². The van der Waals surface area contributed by atoms with Crippen molar-refractivity contribution < 1.29 is 9.66 Å². The molecule has 78 valence electrons. The third kappa shape index (κ3) is 2.59. The molecule has 0 saturated heterocycles. The van der Waals surface area contributed by atoms with Gasteiger partial charge in [0.25, 0.3) is 0 Å². The lowest BCUT2D eigenvalue weighted by atomic mass is 10.4. The first-order valence-electron chi connectivity index (χ1n) is 4.15. The van der Waals surface area contributed by atoms with Crippen LogP contribution in [-0.4, -0.2) is 17.4 Å². The predicted molar refractivity (Wildman–Crippen MR) is 56.6 cm³/mol. The SMILES string of the molecule is CCc1cc(OCCCl)c([N+](=O)[O-])s1. The molecule has 4 nitrogen and oxygen atoms in total. The van der Waals surface area contributed by atoms with Crippen LogP contribution in [0, 0.1) is 10.1 Å². The highest BCUT2D eigenvalue weighted by molar-refractivity contribution is 7.15. The number of halogens is 1. The van der Waals surface area contributed by atoms with Crippen LogP contribution in [0.25, 0.3) is 0 Å². The quantitative estimate of drug-likeness (QED) is 0.448. The Hall–Kier alpha value is -0.810. The lowest BCUT2D eigenvalue weighted by molar-refractivity contribution is -0.381. The third-order valence-electron chi connectivity index (χ3n) is 1.58. The van der Waals surface area contributed by atoms with Crippen molar-refractivity contribution in [1.29, 1.82) is 0 Å². The lowest BCUT2D eigenvalue weighted by Crippen LogP contribution is -1.98. The molecule has 0 aliphatic carbocycles. The van der Waals surface area contributed by atoms with E-state index in [9.17, 15) is 10.1 Å². The first-order chi connectivity index (χ1) is 6.69. The number of ether oxygens (including phenoxy) is 1. The minimum Gasteiger partial charge on any atom is -0.485 e. The van der Waals surface area contributed by atoms with E-state index in [1.54, 1.807) is 6.07 Å². The molecule has 0 unspecified atom stereocenters. The molecule has 0 spiro atoms. The molecule has 0 radical (unpaired) electrons. The molecule has 6 heteroatoms. The van der Waals surface area contributed by atoms with Crippen LogP contribution in [0.15, 0.2) is 6.07 Å². The molecule has 0 fully saturated rings. The van der Waals surface area contributed by atoms with Crippen LogP contribution in [0.1, 0.15) is 11.8 Å². The zero-order valence-corrected chi connectivity index (χ0v) is 9.23. The Labute approximate surface area is 90.6 Å². The van der Waals surface area contributed by atoms with Gasteiger partial charge in [-0.3, -0.25) is 10.1 Å². The summed E-state index contributed by atoms with van der Waals surface area (Å²) in [5.74, 6) is 0.659. The van der Waals surface area contributed by atoms with Gasteiger partial charge < -0.3 is 4.74 Å². The van der Waals surface area contributed by atoms with E-state index in [0.29, 0.717) is 18.2 Å². The molecule has 0 saturated carbocycles. The summed E-state index contributed by atoms with van der Waals surface area (Å²) >= 11 is 6.58. The normalized spacial score (nSPS) is 10.1. The number of nitro groups is 1. The van der Waals surface area contributed by atoms with Crippen molar-refractivity contribution in [2.24, 2.45) is 0 Å². The van der Waals surface area contributed by atoms with Gasteiger partial charge in [-0.2, -0.15) is 0 Å². The average Bonchev–Trinajstić information content (AvgIpc) is 2.58. The molecule has 14 heavy (non-hydrogen) atoms. The number of nitrogens with zero attached hydrogens (tertiary/aromatic N) is 1. The van der Waals surface area contributed by atoms with Crippen LogP contribution in [0.2, 0.25) is 0 Å². The first-order valence-corrected chi connectivity index (χ1v) is 5.50. The van der Waals surface area contributed by atoms with E-state index in [1.807, 2.05) is 6.92 Å². The summed E-state index contributed by atoms with van der Waals surface area (Å²) < 4.78 is 5.17. The molecule has 0 bridgehead atoms. The van der Waals surface area contributed by atoms with E-state index in [0.717, 1.165) is 22.6 Å². The number of rotatable bonds is 5. The second-order valence-corrected chi connectivity index (χ2v) is 4.02. The highest BCUT2D eigenvalue weighted by Gasteiger charge is 2.19. The molecule has 1 heterocycles. The Morgan fingerprint density at radius 3 is 2.93 bits per heavy atom. The summed E-state index contributed by atoms with van der Waals surface area (Å²) in [6, 6.07) is 1.70. The molecule has 0 aliphatic rings. The summed E-state index contributed by atoms with van der Waals surface area (Å²) in [6.07, 6.45) is 0.774. The molecule has 1 aromatic heterocycles. The van der Waals surface area contributed by atoms with E-state index in [2.05, 4.69) is 0 Å². The van der Waals surface area contributed by atoms with E-state index in [-0.39, 0.29) is 5.00 Å². The number of thiophene rings is 1. The van der Waals surface area contributed by atoms with Gasteiger partial charge in [0.2, 0.25) is 5.75 Å². The van der Waals surface area contributed by atoms with Crippen molar-refractivity contribution in [2.45, 2.75) is 13.3 Å². The van der Waals surface area contributed by atoms with Crippen LogP contribution in [0.4, 0.5) is 5.00 Å². The van der Waals surface area contributed by atoms with Gasteiger partial charge in [-0.1, -0.05) is 18.3 Å². The Morgan fingerprint density at radius 2 is 2.43 bits per heavy atom. The third-order valence-corrected chi connectivity index (χ3v) is 2.95. The zero-order valence-electron chi connectivity index (χ0n) is 7.66. The predicted octanol–water partition coefficient (Wildman–Crippen LogP) is 2.84. The van der Waals surface area contributed by atoms with Gasteiger partial charge in [-0.05, 0) is 6.42 Å². The maximum absolute atomic E-state index is 10.6. The first kappa shape index (κ1) is 11.3. The summed E-state index contributed by atoms with van der Waals surface area (Å²) in [7, 11) is 0. The monoisotopic (exact) mass is 235 g/mol. The fourth-order valence-corrected chi connectivity index (χ4v) is 1.89. The molecule has 0 aromatic carbocycles. The summed E-state index contributed by atoms with van der Waals surface area (Å²) in [6.45, 7) is 2.24. The molecule has 0 aliphatic heterocycles. The van der Waals surface area contributed by atoms with Crippen molar-refractivity contribution in [3.8, 4) is 5.75 Å².